The van der Waals surface area contributed by atoms with Crippen LogP contribution >= 0.6 is 11.6 Å². The van der Waals surface area contributed by atoms with Crippen molar-refractivity contribution in [1.82, 2.24) is 5.43 Å². The lowest BCUT2D eigenvalue weighted by molar-refractivity contribution is 0.0955. The van der Waals surface area contributed by atoms with E-state index in [9.17, 15) is 9.18 Å². The van der Waals surface area contributed by atoms with E-state index in [4.69, 9.17) is 11.6 Å². The first-order chi connectivity index (χ1) is 12.7. The van der Waals surface area contributed by atoms with Crippen molar-refractivity contribution in [2.75, 3.05) is 11.9 Å². The van der Waals surface area contributed by atoms with Gasteiger partial charge in [0.05, 0.1) is 11.8 Å². The molecule has 1 aliphatic heterocycles. The first kappa shape index (κ1) is 19.1. The number of fused-ring (bicyclic) bond motifs is 1. The maximum atomic E-state index is 14.6. The first-order valence-corrected chi connectivity index (χ1v) is 8.93. The third-order valence-electron chi connectivity index (χ3n) is 4.79. The number of halogens is 2. The van der Waals surface area contributed by atoms with E-state index >= 15 is 0 Å². The molecule has 0 atom stereocenters. The molecule has 0 aromatic heterocycles. The molecule has 4 nitrogen and oxygen atoms in total. The Morgan fingerprint density at radius 2 is 2.04 bits per heavy atom. The fraction of sp³-hybridized carbons (Fsp3) is 0.238. The molecule has 0 saturated heterocycles. The summed E-state index contributed by atoms with van der Waals surface area (Å²) in [5.41, 5.74) is 5.74. The largest absolute Gasteiger partial charge is 0.365 e. The number of anilines is 1. The van der Waals surface area contributed by atoms with Gasteiger partial charge in [0.2, 0.25) is 0 Å². The van der Waals surface area contributed by atoms with Crippen molar-refractivity contribution in [3.05, 3.63) is 70.0 Å². The number of nitrogens with zero attached hydrogens (tertiary/aromatic N) is 2. The van der Waals surface area contributed by atoms with Crippen LogP contribution in [0.25, 0.3) is 5.57 Å². The number of hydrogen-bond acceptors (Lipinski definition) is 3. The van der Waals surface area contributed by atoms with Gasteiger partial charge in [-0.15, -0.1) is 0 Å². The average molecular weight is 386 g/mol. The molecule has 1 heterocycles. The molecule has 2 aromatic rings. The van der Waals surface area contributed by atoms with Crippen LogP contribution in [-0.2, 0) is 0 Å². The number of rotatable bonds is 3. The zero-order chi connectivity index (χ0) is 19.8. The number of carbonyl (C=O) groups excluding carboxylic acids is 1. The molecule has 1 aliphatic rings. The van der Waals surface area contributed by atoms with Crippen LogP contribution in [-0.4, -0.2) is 24.7 Å². The molecule has 140 valence electrons. The van der Waals surface area contributed by atoms with Crippen LogP contribution in [0.15, 0.2) is 47.6 Å². The molecule has 0 unspecified atom stereocenters. The summed E-state index contributed by atoms with van der Waals surface area (Å²) in [6, 6.07) is 9.78. The Kier molecular flexibility index (Phi) is 5.07. The van der Waals surface area contributed by atoms with Crippen LogP contribution in [0.5, 0.6) is 0 Å². The predicted molar refractivity (Wildman–Crippen MR) is 109 cm³/mol. The molecule has 0 fully saturated rings. The summed E-state index contributed by atoms with van der Waals surface area (Å²) in [7, 11) is 1.94. The molecule has 0 saturated carbocycles. The van der Waals surface area contributed by atoms with Gasteiger partial charge in [-0.25, -0.2) is 9.82 Å². The lowest BCUT2D eigenvalue weighted by Gasteiger charge is -2.40. The summed E-state index contributed by atoms with van der Waals surface area (Å²) in [5, 5.41) is 4.35. The molecule has 0 aliphatic carbocycles. The molecule has 0 bridgehead atoms. The van der Waals surface area contributed by atoms with Crippen molar-refractivity contribution in [1.29, 1.82) is 0 Å². The number of allylic oxidation sites excluding steroid dienone is 1. The van der Waals surface area contributed by atoms with Crippen molar-refractivity contribution in [3.8, 4) is 0 Å². The maximum Gasteiger partial charge on any atom is 0.271 e. The van der Waals surface area contributed by atoms with E-state index in [0.29, 0.717) is 16.1 Å². The Balaban J connectivity index is 1.83. The van der Waals surface area contributed by atoms with E-state index in [1.54, 1.807) is 24.3 Å². The van der Waals surface area contributed by atoms with Crippen molar-refractivity contribution < 1.29 is 9.18 Å². The second kappa shape index (κ2) is 7.16. The zero-order valence-corrected chi connectivity index (χ0v) is 16.4. The minimum absolute atomic E-state index is 0.190. The van der Waals surface area contributed by atoms with E-state index in [1.807, 2.05) is 18.9 Å². The van der Waals surface area contributed by atoms with E-state index < -0.39 is 11.7 Å². The number of benzene rings is 2. The lowest BCUT2D eigenvalue weighted by atomic mass is 9.88. The van der Waals surface area contributed by atoms with Gasteiger partial charge in [-0.2, -0.15) is 5.10 Å². The number of nitrogens with one attached hydrogen (secondary N) is 1. The van der Waals surface area contributed by atoms with Crippen LogP contribution in [0, 0.1) is 5.82 Å². The van der Waals surface area contributed by atoms with Crippen LogP contribution < -0.4 is 10.3 Å². The summed E-state index contributed by atoms with van der Waals surface area (Å²) >= 11 is 5.88. The van der Waals surface area contributed by atoms with Gasteiger partial charge in [0.1, 0.15) is 5.82 Å². The molecule has 27 heavy (non-hydrogen) atoms. The topological polar surface area (TPSA) is 44.7 Å². The van der Waals surface area contributed by atoms with Gasteiger partial charge >= 0.3 is 0 Å². The fourth-order valence-electron chi connectivity index (χ4n) is 3.14. The Hall–Kier alpha value is -2.66. The number of hydrazone groups is 1. The van der Waals surface area contributed by atoms with Crippen molar-refractivity contribution in [2.45, 2.75) is 26.3 Å². The molecule has 1 amide bonds. The van der Waals surface area contributed by atoms with Crippen molar-refractivity contribution >= 4 is 35.0 Å². The van der Waals surface area contributed by atoms with E-state index in [0.717, 1.165) is 16.8 Å². The fourth-order valence-corrected chi connectivity index (χ4v) is 3.33. The second-order valence-electron chi connectivity index (χ2n) is 7.14. The van der Waals surface area contributed by atoms with Gasteiger partial charge in [-0.3, -0.25) is 4.79 Å². The summed E-state index contributed by atoms with van der Waals surface area (Å²) in [6.45, 7) is 6.17. The van der Waals surface area contributed by atoms with Gasteiger partial charge < -0.3 is 4.90 Å². The van der Waals surface area contributed by atoms with Gasteiger partial charge in [-0.1, -0.05) is 23.7 Å². The molecule has 2 aromatic carbocycles. The van der Waals surface area contributed by atoms with Crippen molar-refractivity contribution in [2.24, 2.45) is 5.10 Å². The lowest BCUT2D eigenvalue weighted by Crippen LogP contribution is -2.42. The third-order valence-corrected chi connectivity index (χ3v) is 5.03. The monoisotopic (exact) mass is 385 g/mol. The van der Waals surface area contributed by atoms with Gasteiger partial charge in [0.15, 0.2) is 0 Å². The number of likely N-dealkylation sites (N-methyl/N-ethyl adjacent to an activating group) is 1. The molecule has 6 heteroatoms. The standard InChI is InChI=1S/C21H21ClFN3O/c1-13-11-21(2,3)26(4)19-10-18(23)15(9-17(13)19)12-24-25-20(27)14-6-5-7-16(22)8-14/h5-12H,1-4H3,(H,25,27)/b24-12-. The zero-order valence-electron chi connectivity index (χ0n) is 15.7. The van der Waals surface area contributed by atoms with Crippen LogP contribution in [0.4, 0.5) is 10.1 Å². The number of hydrogen-bond donors (Lipinski definition) is 1. The number of amides is 1. The van der Waals surface area contributed by atoms with Gasteiger partial charge in [-0.05, 0) is 56.7 Å². The average Bonchev–Trinajstić information content (AvgIpc) is 2.60. The minimum atomic E-state index is -0.412. The third kappa shape index (κ3) is 3.88. The quantitative estimate of drug-likeness (QED) is 0.604. The molecule has 3 rings (SSSR count). The Morgan fingerprint density at radius 1 is 1.30 bits per heavy atom. The minimum Gasteiger partial charge on any atom is -0.365 e. The summed E-state index contributed by atoms with van der Waals surface area (Å²) in [6.07, 6.45) is 3.46. The smallest absolute Gasteiger partial charge is 0.271 e. The Morgan fingerprint density at radius 3 is 2.74 bits per heavy atom. The Bertz CT molecular complexity index is 966. The summed E-state index contributed by atoms with van der Waals surface area (Å²) < 4.78 is 14.6. The molecule has 0 radical (unpaired) electrons. The highest BCUT2D eigenvalue weighted by Gasteiger charge is 2.29. The molecular weight excluding hydrogens is 365 g/mol. The summed E-state index contributed by atoms with van der Waals surface area (Å²) in [5.74, 6) is -0.809. The van der Waals surface area contributed by atoms with Crippen LogP contribution in [0.1, 0.15) is 42.3 Å². The molecule has 0 spiro atoms. The van der Waals surface area contributed by atoms with Crippen LogP contribution in [0.2, 0.25) is 5.02 Å². The predicted octanol–water partition coefficient (Wildman–Crippen LogP) is 4.87. The highest BCUT2D eigenvalue weighted by atomic mass is 35.5. The number of carbonyl (C=O) groups is 1. The van der Waals surface area contributed by atoms with Gasteiger partial charge in [0, 0.05) is 34.4 Å². The maximum absolute atomic E-state index is 14.6. The second-order valence-corrected chi connectivity index (χ2v) is 7.58. The molecular formula is C21H21ClFN3O. The van der Waals surface area contributed by atoms with E-state index in [-0.39, 0.29) is 5.54 Å². The molecule has 1 N–H and O–H groups in total. The van der Waals surface area contributed by atoms with Gasteiger partial charge in [0.25, 0.3) is 5.91 Å². The van der Waals surface area contributed by atoms with Crippen LogP contribution in [0.3, 0.4) is 0 Å². The highest BCUT2D eigenvalue weighted by Crippen LogP contribution is 2.38. The van der Waals surface area contributed by atoms with E-state index in [1.165, 1.54) is 18.3 Å². The van der Waals surface area contributed by atoms with E-state index in [2.05, 4.69) is 30.5 Å². The normalized spacial score (nSPS) is 15.5. The first-order valence-electron chi connectivity index (χ1n) is 8.55. The Labute approximate surface area is 163 Å². The SMILES string of the molecule is CC1=CC(C)(C)N(C)c2cc(F)c(/C=N\NC(=O)c3cccc(Cl)c3)cc21. The van der Waals surface area contributed by atoms with Crippen molar-refractivity contribution in [3.63, 3.8) is 0 Å². The highest BCUT2D eigenvalue weighted by molar-refractivity contribution is 6.30. The summed E-state index contributed by atoms with van der Waals surface area (Å²) in [4.78, 5) is 14.1.